The minimum Gasteiger partial charge on any atom is -0.381 e. The number of hydrogen-bond acceptors (Lipinski definition) is 2. The lowest BCUT2D eigenvalue weighted by Gasteiger charge is -2.12. The van der Waals surface area contributed by atoms with Crippen molar-refractivity contribution in [1.29, 1.82) is 0 Å². The third kappa shape index (κ3) is 2.67. The molecular weight excluding hydrogens is 126 g/mol. The Kier molecular flexibility index (Phi) is 3.16. The van der Waals surface area contributed by atoms with Crippen molar-refractivity contribution in [2.45, 2.75) is 31.8 Å². The zero-order valence-electron chi connectivity index (χ0n) is 6.68. The smallest absolute Gasteiger partial charge is 0.0586 e. The Bertz CT molecular complexity index is 91.3. The zero-order chi connectivity index (χ0) is 7.40. The molecule has 0 radical (unpaired) electrons. The molecule has 2 N–H and O–H groups in total. The van der Waals surface area contributed by atoms with Gasteiger partial charge in [0.25, 0.3) is 0 Å². The fourth-order valence-electron chi connectivity index (χ4n) is 1.24. The molecule has 0 heterocycles. The van der Waals surface area contributed by atoms with E-state index in [1.165, 1.54) is 19.3 Å². The van der Waals surface area contributed by atoms with Crippen LogP contribution in [0.15, 0.2) is 0 Å². The first-order valence-corrected chi connectivity index (χ1v) is 4.09. The highest BCUT2D eigenvalue weighted by Gasteiger charge is 2.24. The van der Waals surface area contributed by atoms with E-state index in [4.69, 9.17) is 10.5 Å². The predicted molar refractivity (Wildman–Crippen MR) is 41.8 cm³/mol. The number of ether oxygens (including phenoxy) is 1. The number of rotatable bonds is 5. The molecule has 0 aliphatic heterocycles. The summed E-state index contributed by atoms with van der Waals surface area (Å²) in [6, 6.07) is 0. The second-order valence-electron chi connectivity index (χ2n) is 3.11. The van der Waals surface area contributed by atoms with Crippen molar-refractivity contribution in [3.63, 3.8) is 0 Å². The highest BCUT2D eigenvalue weighted by molar-refractivity contribution is 4.77. The lowest BCUT2D eigenvalue weighted by molar-refractivity contribution is 0.0853. The van der Waals surface area contributed by atoms with Gasteiger partial charge in [0.2, 0.25) is 0 Å². The molecule has 0 amide bonds. The monoisotopic (exact) mass is 143 g/mol. The van der Waals surface area contributed by atoms with Crippen molar-refractivity contribution < 1.29 is 4.74 Å². The van der Waals surface area contributed by atoms with Gasteiger partial charge in [-0.15, -0.1) is 0 Å². The van der Waals surface area contributed by atoms with Crippen LogP contribution < -0.4 is 5.73 Å². The van der Waals surface area contributed by atoms with Gasteiger partial charge in [0.05, 0.1) is 6.10 Å². The van der Waals surface area contributed by atoms with Crippen LogP contribution >= 0.6 is 0 Å². The SMILES string of the molecule is COC(CCN)CC1CC1. The van der Waals surface area contributed by atoms with Crippen LogP contribution in [0.5, 0.6) is 0 Å². The molecule has 1 fully saturated rings. The molecule has 10 heavy (non-hydrogen) atoms. The first-order valence-electron chi connectivity index (χ1n) is 4.09. The maximum atomic E-state index is 5.42. The topological polar surface area (TPSA) is 35.2 Å². The summed E-state index contributed by atoms with van der Waals surface area (Å²) in [7, 11) is 1.78. The Morgan fingerprint density at radius 1 is 1.60 bits per heavy atom. The predicted octanol–water partition coefficient (Wildman–Crippen LogP) is 1.15. The van der Waals surface area contributed by atoms with Crippen LogP contribution in [0.25, 0.3) is 0 Å². The average Bonchev–Trinajstić information content (AvgIpc) is 2.71. The molecule has 0 aromatic heterocycles. The van der Waals surface area contributed by atoms with Gasteiger partial charge in [0, 0.05) is 7.11 Å². The summed E-state index contributed by atoms with van der Waals surface area (Å²) in [5.74, 6) is 0.955. The van der Waals surface area contributed by atoms with E-state index in [2.05, 4.69) is 0 Å². The molecule has 2 heteroatoms. The molecule has 1 aliphatic rings. The summed E-state index contributed by atoms with van der Waals surface area (Å²) in [6.45, 7) is 0.755. The molecule has 0 aromatic rings. The molecule has 1 unspecified atom stereocenters. The van der Waals surface area contributed by atoms with E-state index in [0.29, 0.717) is 6.10 Å². The van der Waals surface area contributed by atoms with Crippen LogP contribution in [-0.2, 0) is 4.74 Å². The third-order valence-corrected chi connectivity index (χ3v) is 2.12. The Morgan fingerprint density at radius 2 is 2.30 bits per heavy atom. The summed E-state index contributed by atoms with van der Waals surface area (Å²) in [5, 5.41) is 0. The second-order valence-corrected chi connectivity index (χ2v) is 3.11. The first-order chi connectivity index (χ1) is 4.86. The summed E-state index contributed by atoms with van der Waals surface area (Å²) in [5.41, 5.74) is 5.42. The second kappa shape index (κ2) is 3.94. The van der Waals surface area contributed by atoms with Gasteiger partial charge >= 0.3 is 0 Å². The maximum absolute atomic E-state index is 5.42. The summed E-state index contributed by atoms with van der Waals surface area (Å²) in [4.78, 5) is 0. The van der Waals surface area contributed by atoms with Crippen molar-refractivity contribution in [2.24, 2.45) is 11.7 Å². The van der Waals surface area contributed by atoms with Crippen LogP contribution in [0.3, 0.4) is 0 Å². The van der Waals surface area contributed by atoms with E-state index in [9.17, 15) is 0 Å². The standard InChI is InChI=1S/C8H17NO/c1-10-8(4-5-9)6-7-2-3-7/h7-8H,2-6,9H2,1H3. The largest absolute Gasteiger partial charge is 0.381 e. The molecule has 60 valence electrons. The minimum atomic E-state index is 0.428. The fraction of sp³-hybridized carbons (Fsp3) is 1.00. The molecular formula is C8H17NO. The summed E-state index contributed by atoms with van der Waals surface area (Å²) >= 11 is 0. The van der Waals surface area contributed by atoms with Gasteiger partial charge in [-0.2, -0.15) is 0 Å². The van der Waals surface area contributed by atoms with Crippen LogP contribution in [0, 0.1) is 5.92 Å². The molecule has 0 aromatic carbocycles. The number of hydrogen-bond donors (Lipinski definition) is 1. The zero-order valence-corrected chi connectivity index (χ0v) is 6.68. The van der Waals surface area contributed by atoms with E-state index in [0.717, 1.165) is 18.9 Å². The summed E-state index contributed by atoms with van der Waals surface area (Å²) < 4.78 is 5.26. The van der Waals surface area contributed by atoms with Crippen molar-refractivity contribution in [3.8, 4) is 0 Å². The molecule has 1 aliphatic carbocycles. The minimum absolute atomic E-state index is 0.428. The molecule has 2 nitrogen and oxygen atoms in total. The van der Waals surface area contributed by atoms with Crippen LogP contribution in [0.2, 0.25) is 0 Å². The van der Waals surface area contributed by atoms with Crippen LogP contribution in [0.4, 0.5) is 0 Å². The Labute approximate surface area is 62.7 Å². The van der Waals surface area contributed by atoms with Gasteiger partial charge in [-0.3, -0.25) is 0 Å². The van der Waals surface area contributed by atoms with E-state index in [1.807, 2.05) is 0 Å². The van der Waals surface area contributed by atoms with Crippen molar-refractivity contribution >= 4 is 0 Å². The molecule has 0 saturated heterocycles. The normalized spacial score (nSPS) is 21.0. The van der Waals surface area contributed by atoms with E-state index in [1.54, 1.807) is 7.11 Å². The Hall–Kier alpha value is -0.0800. The van der Waals surface area contributed by atoms with Gasteiger partial charge in [-0.05, 0) is 25.3 Å². The van der Waals surface area contributed by atoms with Crippen molar-refractivity contribution in [3.05, 3.63) is 0 Å². The highest BCUT2D eigenvalue weighted by atomic mass is 16.5. The van der Waals surface area contributed by atoms with Gasteiger partial charge in [-0.1, -0.05) is 12.8 Å². The number of methoxy groups -OCH3 is 1. The number of nitrogens with two attached hydrogens (primary N) is 1. The van der Waals surface area contributed by atoms with E-state index >= 15 is 0 Å². The van der Waals surface area contributed by atoms with Gasteiger partial charge in [-0.25, -0.2) is 0 Å². The Morgan fingerprint density at radius 3 is 2.70 bits per heavy atom. The summed E-state index contributed by atoms with van der Waals surface area (Å²) in [6.07, 6.45) is 5.49. The molecule has 1 saturated carbocycles. The Balaban J connectivity index is 2.05. The van der Waals surface area contributed by atoms with E-state index < -0.39 is 0 Å². The molecule has 1 atom stereocenters. The quantitative estimate of drug-likeness (QED) is 0.626. The lowest BCUT2D eigenvalue weighted by Crippen LogP contribution is -2.16. The molecule has 0 spiro atoms. The highest BCUT2D eigenvalue weighted by Crippen LogP contribution is 2.34. The van der Waals surface area contributed by atoms with Gasteiger partial charge in [0.15, 0.2) is 0 Å². The van der Waals surface area contributed by atoms with E-state index in [-0.39, 0.29) is 0 Å². The molecule has 0 bridgehead atoms. The van der Waals surface area contributed by atoms with Crippen molar-refractivity contribution in [2.75, 3.05) is 13.7 Å². The van der Waals surface area contributed by atoms with Crippen LogP contribution in [0.1, 0.15) is 25.7 Å². The van der Waals surface area contributed by atoms with Gasteiger partial charge in [0.1, 0.15) is 0 Å². The average molecular weight is 143 g/mol. The lowest BCUT2D eigenvalue weighted by atomic mass is 10.1. The van der Waals surface area contributed by atoms with Gasteiger partial charge < -0.3 is 10.5 Å². The third-order valence-electron chi connectivity index (χ3n) is 2.12. The first kappa shape index (κ1) is 8.02. The van der Waals surface area contributed by atoms with Crippen molar-refractivity contribution in [1.82, 2.24) is 0 Å². The molecule has 1 rings (SSSR count). The maximum Gasteiger partial charge on any atom is 0.0586 e. The van der Waals surface area contributed by atoms with Crippen LogP contribution in [-0.4, -0.2) is 19.8 Å². The fourth-order valence-corrected chi connectivity index (χ4v) is 1.24.